The highest BCUT2D eigenvalue weighted by Crippen LogP contribution is 2.59. The summed E-state index contributed by atoms with van der Waals surface area (Å²) in [5, 5.41) is 0. The van der Waals surface area contributed by atoms with Gasteiger partial charge in [0.15, 0.2) is 0 Å². The Hall–Kier alpha value is -1.70. The Labute approximate surface area is 121 Å². The van der Waals surface area contributed by atoms with Gasteiger partial charge in [-0.05, 0) is 43.5 Å². The summed E-state index contributed by atoms with van der Waals surface area (Å²) in [6, 6.07) is 12.2. The number of aryl methyl sites for hydroxylation is 2. The largest absolute Gasteiger partial charge is 0.361 e. The van der Waals surface area contributed by atoms with Crippen molar-refractivity contribution < 1.29 is 0 Å². The summed E-state index contributed by atoms with van der Waals surface area (Å²) < 4.78 is 2.33. The first-order valence-electron chi connectivity index (χ1n) is 7.53. The third kappa shape index (κ3) is 1.25. The number of rotatable bonds is 1. The molecule has 0 spiro atoms. The van der Waals surface area contributed by atoms with Crippen LogP contribution in [0, 0.1) is 6.92 Å². The second-order valence-electron chi connectivity index (χ2n) is 6.74. The van der Waals surface area contributed by atoms with E-state index in [-0.39, 0.29) is 5.41 Å². The van der Waals surface area contributed by atoms with Crippen LogP contribution in [0.25, 0.3) is 0 Å². The van der Waals surface area contributed by atoms with E-state index in [0.29, 0.717) is 12.1 Å². The Morgan fingerprint density at radius 2 is 1.95 bits per heavy atom. The lowest BCUT2D eigenvalue weighted by Crippen LogP contribution is -2.43. The molecule has 104 valence electrons. The Kier molecular flexibility index (Phi) is 2.23. The Morgan fingerprint density at radius 1 is 1.20 bits per heavy atom. The number of para-hydroxylation sites is 1. The van der Waals surface area contributed by atoms with Gasteiger partial charge in [0.25, 0.3) is 0 Å². The molecule has 4 rings (SSSR count). The Balaban J connectivity index is 1.89. The van der Waals surface area contributed by atoms with Crippen molar-refractivity contribution in [3.8, 4) is 0 Å². The Bertz CT molecular complexity index is 684. The van der Waals surface area contributed by atoms with Crippen LogP contribution in [-0.4, -0.2) is 10.6 Å². The van der Waals surface area contributed by atoms with E-state index in [2.05, 4.69) is 73.8 Å². The summed E-state index contributed by atoms with van der Waals surface area (Å²) in [5.74, 6) is 0. The summed E-state index contributed by atoms with van der Waals surface area (Å²) in [7, 11) is 2.19. The molecule has 2 heteroatoms. The number of benzene rings is 1. The molecule has 1 aromatic carbocycles. The van der Waals surface area contributed by atoms with Crippen LogP contribution < -0.4 is 4.90 Å². The third-order valence-electron chi connectivity index (χ3n) is 5.69. The molecule has 3 unspecified atom stereocenters. The van der Waals surface area contributed by atoms with Crippen molar-refractivity contribution >= 4 is 5.69 Å². The van der Waals surface area contributed by atoms with E-state index in [9.17, 15) is 0 Å². The second-order valence-corrected chi connectivity index (χ2v) is 6.74. The van der Waals surface area contributed by atoms with Gasteiger partial charge in [0.1, 0.15) is 0 Å². The number of anilines is 1. The fraction of sp³-hybridized carbons (Fsp3) is 0.444. The van der Waals surface area contributed by atoms with Crippen LogP contribution in [0.3, 0.4) is 0 Å². The van der Waals surface area contributed by atoms with Gasteiger partial charge in [-0.3, -0.25) is 0 Å². The lowest BCUT2D eigenvalue weighted by molar-refractivity contribution is 0.424. The molecular weight excluding hydrogens is 244 g/mol. The van der Waals surface area contributed by atoms with Crippen molar-refractivity contribution in [2.24, 2.45) is 7.05 Å². The van der Waals surface area contributed by atoms with Gasteiger partial charge < -0.3 is 9.47 Å². The molecule has 2 nitrogen and oxygen atoms in total. The quantitative estimate of drug-likeness (QED) is 0.759. The predicted molar refractivity (Wildman–Crippen MR) is 83.2 cm³/mol. The smallest absolute Gasteiger partial charge is 0.0573 e. The van der Waals surface area contributed by atoms with Crippen molar-refractivity contribution in [3.05, 3.63) is 53.3 Å². The molecule has 1 aliphatic carbocycles. The molecule has 0 N–H and O–H groups in total. The minimum absolute atomic E-state index is 0.278. The second kappa shape index (κ2) is 3.69. The maximum Gasteiger partial charge on any atom is 0.0573 e. The first kappa shape index (κ1) is 12.1. The average molecular weight is 266 g/mol. The minimum Gasteiger partial charge on any atom is -0.361 e. The molecular formula is C18H22N2. The summed E-state index contributed by atoms with van der Waals surface area (Å²) >= 11 is 0. The summed E-state index contributed by atoms with van der Waals surface area (Å²) in [4.78, 5) is 2.65. The van der Waals surface area contributed by atoms with Crippen molar-refractivity contribution in [1.82, 2.24) is 4.57 Å². The molecule has 2 heterocycles. The molecule has 1 fully saturated rings. The van der Waals surface area contributed by atoms with E-state index < -0.39 is 0 Å². The minimum atomic E-state index is 0.278. The number of nitrogens with zero attached hydrogens (tertiary/aromatic N) is 2. The zero-order chi connectivity index (χ0) is 14.1. The van der Waals surface area contributed by atoms with Gasteiger partial charge in [0.05, 0.1) is 6.04 Å². The van der Waals surface area contributed by atoms with E-state index in [1.54, 1.807) is 5.69 Å². The van der Waals surface area contributed by atoms with Gasteiger partial charge in [-0.2, -0.15) is 0 Å². The molecule has 0 amide bonds. The van der Waals surface area contributed by atoms with Gasteiger partial charge in [0, 0.05) is 36.1 Å². The first-order valence-corrected chi connectivity index (χ1v) is 7.53. The molecule has 2 aliphatic rings. The van der Waals surface area contributed by atoms with Crippen molar-refractivity contribution in [1.29, 1.82) is 0 Å². The predicted octanol–water partition coefficient (Wildman–Crippen LogP) is 3.94. The molecule has 0 radical (unpaired) electrons. The molecule has 2 aromatic rings. The number of hydrogen-bond donors (Lipinski definition) is 0. The van der Waals surface area contributed by atoms with Gasteiger partial charge >= 0.3 is 0 Å². The van der Waals surface area contributed by atoms with Crippen LogP contribution in [0.2, 0.25) is 0 Å². The Morgan fingerprint density at radius 3 is 2.70 bits per heavy atom. The van der Waals surface area contributed by atoms with Crippen LogP contribution in [-0.2, 0) is 12.5 Å². The molecule has 2 bridgehead atoms. The summed E-state index contributed by atoms with van der Waals surface area (Å²) in [5.41, 5.74) is 6.16. The SMILES string of the molecule is Cc1ccccc1N1C2CC(C)(c3c2ccn3C)C1C. The van der Waals surface area contributed by atoms with Crippen LogP contribution >= 0.6 is 0 Å². The lowest BCUT2D eigenvalue weighted by Gasteiger charge is -2.40. The van der Waals surface area contributed by atoms with Crippen LogP contribution in [0.15, 0.2) is 36.5 Å². The standard InChI is InChI=1S/C18H22N2/c1-12-7-5-6-8-15(12)20-13(2)18(3)11-16(20)14-9-10-19(4)17(14)18/h5-10,13,16H,11H2,1-4H3. The highest BCUT2D eigenvalue weighted by atomic mass is 15.3. The first-order chi connectivity index (χ1) is 9.54. The maximum absolute atomic E-state index is 2.65. The van der Waals surface area contributed by atoms with Crippen molar-refractivity contribution in [3.63, 3.8) is 0 Å². The monoisotopic (exact) mass is 266 g/mol. The zero-order valence-electron chi connectivity index (χ0n) is 12.7. The van der Waals surface area contributed by atoms with Gasteiger partial charge in [-0.25, -0.2) is 0 Å². The molecule has 3 atom stereocenters. The molecule has 1 aromatic heterocycles. The van der Waals surface area contributed by atoms with Gasteiger partial charge in [-0.1, -0.05) is 25.1 Å². The molecule has 1 saturated heterocycles. The maximum atomic E-state index is 2.65. The van der Waals surface area contributed by atoms with E-state index in [0.717, 1.165) is 0 Å². The zero-order valence-corrected chi connectivity index (χ0v) is 12.7. The highest BCUT2D eigenvalue weighted by molar-refractivity contribution is 5.62. The summed E-state index contributed by atoms with van der Waals surface area (Å²) in [6.07, 6.45) is 3.48. The molecule has 0 saturated carbocycles. The lowest BCUT2D eigenvalue weighted by atomic mass is 9.81. The van der Waals surface area contributed by atoms with Crippen LogP contribution in [0.1, 0.15) is 43.1 Å². The highest BCUT2D eigenvalue weighted by Gasteiger charge is 2.56. The van der Waals surface area contributed by atoms with Crippen LogP contribution in [0.4, 0.5) is 5.69 Å². The topological polar surface area (TPSA) is 8.17 Å². The number of aromatic nitrogens is 1. The van der Waals surface area contributed by atoms with Crippen LogP contribution in [0.5, 0.6) is 0 Å². The van der Waals surface area contributed by atoms with E-state index >= 15 is 0 Å². The van der Waals surface area contributed by atoms with Gasteiger partial charge in [0.2, 0.25) is 0 Å². The molecule has 1 aliphatic heterocycles. The fourth-order valence-corrected chi connectivity index (χ4v) is 4.58. The number of fused-ring (bicyclic) bond motifs is 5. The van der Waals surface area contributed by atoms with Gasteiger partial charge in [-0.15, -0.1) is 0 Å². The number of hydrogen-bond acceptors (Lipinski definition) is 1. The molecule has 20 heavy (non-hydrogen) atoms. The fourth-order valence-electron chi connectivity index (χ4n) is 4.58. The van der Waals surface area contributed by atoms with E-state index in [1.165, 1.54) is 23.2 Å². The van der Waals surface area contributed by atoms with Crippen molar-refractivity contribution in [2.45, 2.75) is 44.7 Å². The normalized spacial score (nSPS) is 30.9. The van der Waals surface area contributed by atoms with E-state index in [1.807, 2.05) is 0 Å². The van der Waals surface area contributed by atoms with Crippen molar-refractivity contribution in [2.75, 3.05) is 4.90 Å². The third-order valence-corrected chi connectivity index (χ3v) is 5.69. The van der Waals surface area contributed by atoms with E-state index in [4.69, 9.17) is 0 Å². The summed E-state index contributed by atoms with van der Waals surface area (Å²) in [6.45, 7) is 7.05. The average Bonchev–Trinajstić information content (AvgIpc) is 3.01.